The number of carbonyl (C=O) groups excluding carboxylic acids is 1. The minimum absolute atomic E-state index is 0.168. The Morgan fingerprint density at radius 2 is 1.96 bits per heavy atom. The van der Waals surface area contributed by atoms with Crippen molar-refractivity contribution in [2.75, 3.05) is 5.32 Å². The summed E-state index contributed by atoms with van der Waals surface area (Å²) < 4.78 is 1.65. The number of carbonyl (C=O) groups is 1. The molecule has 0 bridgehead atoms. The molecule has 1 amide bonds. The number of nitrogens with zero attached hydrogens (tertiary/aromatic N) is 3. The third-order valence-corrected chi connectivity index (χ3v) is 4.13. The monoisotopic (exact) mass is 364 g/mol. The van der Waals surface area contributed by atoms with E-state index >= 15 is 0 Å². The van der Waals surface area contributed by atoms with E-state index < -0.39 is 0 Å². The van der Waals surface area contributed by atoms with Gasteiger partial charge in [-0.15, -0.1) is 0 Å². The van der Waals surface area contributed by atoms with Crippen LogP contribution in [0.15, 0.2) is 54.6 Å². The van der Waals surface area contributed by atoms with Crippen LogP contribution in [0.4, 0.5) is 5.82 Å². The van der Waals surface area contributed by atoms with Gasteiger partial charge in [0.2, 0.25) is 5.91 Å². The molecule has 0 fully saturated rings. The molecule has 1 N–H and O–H groups in total. The summed E-state index contributed by atoms with van der Waals surface area (Å²) >= 11 is 6.06. The molecule has 0 unspecified atom stereocenters. The van der Waals surface area contributed by atoms with E-state index in [9.17, 15) is 4.79 Å². The van der Waals surface area contributed by atoms with Gasteiger partial charge in [-0.25, -0.2) is 4.68 Å². The predicted molar refractivity (Wildman–Crippen MR) is 101 cm³/mol. The van der Waals surface area contributed by atoms with E-state index in [2.05, 4.69) is 16.5 Å². The Hall–Kier alpha value is -3.10. The maximum Gasteiger partial charge on any atom is 0.229 e. The Morgan fingerprint density at radius 3 is 2.69 bits per heavy atom. The molecule has 130 valence electrons. The predicted octanol–water partition coefficient (Wildman–Crippen LogP) is 4.08. The molecule has 1 heterocycles. The number of amides is 1. The van der Waals surface area contributed by atoms with Crippen LogP contribution in [0, 0.1) is 18.3 Å². The van der Waals surface area contributed by atoms with Crippen molar-refractivity contribution in [2.24, 2.45) is 0 Å². The zero-order valence-electron chi connectivity index (χ0n) is 14.2. The molecule has 0 spiro atoms. The highest BCUT2D eigenvalue weighted by atomic mass is 35.5. The molecule has 0 atom stereocenters. The molecule has 5 nitrogen and oxygen atoms in total. The molecular formula is C20H17ClN4O. The molecule has 0 radical (unpaired) electrons. The largest absolute Gasteiger partial charge is 0.310 e. The molecule has 0 aliphatic rings. The standard InChI is InChI=1S/C20H17ClN4O/c1-14-11-19(25(24-14)18-8-4-7-17(21)13-18)23-20(26)12-16-6-3-2-5-15(16)9-10-22/h2-8,11,13H,9,12H2,1H3,(H,23,26). The zero-order chi connectivity index (χ0) is 18.5. The highest BCUT2D eigenvalue weighted by molar-refractivity contribution is 6.30. The lowest BCUT2D eigenvalue weighted by atomic mass is 10.0. The number of benzene rings is 2. The van der Waals surface area contributed by atoms with Gasteiger partial charge in [0.25, 0.3) is 0 Å². The van der Waals surface area contributed by atoms with E-state index in [0.29, 0.717) is 10.8 Å². The van der Waals surface area contributed by atoms with E-state index in [1.165, 1.54) is 0 Å². The highest BCUT2D eigenvalue weighted by Gasteiger charge is 2.13. The van der Waals surface area contributed by atoms with E-state index in [4.69, 9.17) is 16.9 Å². The average molecular weight is 365 g/mol. The number of aryl methyl sites for hydroxylation is 1. The summed E-state index contributed by atoms with van der Waals surface area (Å²) in [6.45, 7) is 1.86. The topological polar surface area (TPSA) is 70.7 Å². The van der Waals surface area contributed by atoms with Crippen molar-refractivity contribution in [3.05, 3.63) is 76.4 Å². The summed E-state index contributed by atoms with van der Waals surface area (Å²) in [6, 6.07) is 18.7. The van der Waals surface area contributed by atoms with Gasteiger partial charge in [0, 0.05) is 11.1 Å². The van der Waals surface area contributed by atoms with Crippen LogP contribution < -0.4 is 5.32 Å². The number of hydrogen-bond acceptors (Lipinski definition) is 3. The van der Waals surface area contributed by atoms with Crippen molar-refractivity contribution in [3.8, 4) is 11.8 Å². The fourth-order valence-electron chi connectivity index (χ4n) is 2.74. The number of nitrogens with one attached hydrogen (secondary N) is 1. The fraction of sp³-hybridized carbons (Fsp3) is 0.150. The first kappa shape index (κ1) is 17.7. The Balaban J connectivity index is 1.82. The second-order valence-electron chi connectivity index (χ2n) is 5.89. The van der Waals surface area contributed by atoms with Crippen LogP contribution in [0.2, 0.25) is 5.02 Å². The van der Waals surface area contributed by atoms with Crippen molar-refractivity contribution in [2.45, 2.75) is 19.8 Å². The highest BCUT2D eigenvalue weighted by Crippen LogP contribution is 2.20. The molecular weight excluding hydrogens is 348 g/mol. The number of anilines is 1. The molecule has 26 heavy (non-hydrogen) atoms. The molecule has 0 aliphatic heterocycles. The van der Waals surface area contributed by atoms with Gasteiger partial charge in [-0.05, 0) is 36.2 Å². The van der Waals surface area contributed by atoms with Crippen molar-refractivity contribution in [3.63, 3.8) is 0 Å². The summed E-state index contributed by atoms with van der Waals surface area (Å²) in [5, 5.41) is 16.9. The lowest BCUT2D eigenvalue weighted by Gasteiger charge is -2.10. The summed E-state index contributed by atoms with van der Waals surface area (Å²) in [5.41, 5.74) is 3.26. The normalized spacial score (nSPS) is 10.3. The summed E-state index contributed by atoms with van der Waals surface area (Å²) in [6.07, 6.45) is 0.473. The quantitative estimate of drug-likeness (QED) is 0.741. The second-order valence-corrected chi connectivity index (χ2v) is 6.33. The minimum atomic E-state index is -0.168. The van der Waals surface area contributed by atoms with Gasteiger partial charge in [-0.3, -0.25) is 4.79 Å². The van der Waals surface area contributed by atoms with Crippen LogP contribution in [0.5, 0.6) is 0 Å². The average Bonchev–Trinajstić information content (AvgIpc) is 2.97. The Labute approximate surface area is 156 Å². The molecule has 0 saturated carbocycles. The third kappa shape index (κ3) is 4.11. The van der Waals surface area contributed by atoms with E-state index in [0.717, 1.165) is 22.5 Å². The van der Waals surface area contributed by atoms with E-state index in [-0.39, 0.29) is 18.7 Å². The Morgan fingerprint density at radius 1 is 1.19 bits per heavy atom. The number of halogens is 1. The van der Waals surface area contributed by atoms with Crippen molar-refractivity contribution in [1.29, 1.82) is 5.26 Å². The Bertz CT molecular complexity index is 987. The van der Waals surface area contributed by atoms with Crippen LogP contribution >= 0.6 is 11.6 Å². The minimum Gasteiger partial charge on any atom is -0.310 e. The lowest BCUT2D eigenvalue weighted by Crippen LogP contribution is -2.18. The first-order valence-corrected chi connectivity index (χ1v) is 8.51. The van der Waals surface area contributed by atoms with Gasteiger partial charge in [0.1, 0.15) is 5.82 Å². The third-order valence-electron chi connectivity index (χ3n) is 3.89. The van der Waals surface area contributed by atoms with E-state index in [1.54, 1.807) is 22.9 Å². The van der Waals surface area contributed by atoms with Gasteiger partial charge in [-0.1, -0.05) is 41.9 Å². The smallest absolute Gasteiger partial charge is 0.229 e. The van der Waals surface area contributed by atoms with Crippen LogP contribution in [-0.2, 0) is 17.6 Å². The number of nitriles is 1. The molecule has 2 aromatic carbocycles. The van der Waals surface area contributed by atoms with Gasteiger partial charge < -0.3 is 5.32 Å². The first-order chi connectivity index (χ1) is 12.6. The summed E-state index contributed by atoms with van der Waals surface area (Å²) in [5.74, 6) is 0.408. The van der Waals surface area contributed by atoms with Crippen LogP contribution in [0.1, 0.15) is 16.8 Å². The van der Waals surface area contributed by atoms with Gasteiger partial charge in [0.05, 0.1) is 30.3 Å². The maximum absolute atomic E-state index is 12.5. The number of hydrogen-bond donors (Lipinski definition) is 1. The molecule has 3 aromatic rings. The van der Waals surface area contributed by atoms with Crippen molar-refractivity contribution >= 4 is 23.3 Å². The lowest BCUT2D eigenvalue weighted by molar-refractivity contribution is -0.115. The second kappa shape index (κ2) is 7.85. The molecule has 1 aromatic heterocycles. The van der Waals surface area contributed by atoms with Crippen LogP contribution in [0.3, 0.4) is 0 Å². The van der Waals surface area contributed by atoms with Crippen LogP contribution in [-0.4, -0.2) is 15.7 Å². The number of aromatic nitrogens is 2. The van der Waals surface area contributed by atoms with Gasteiger partial charge >= 0.3 is 0 Å². The summed E-state index contributed by atoms with van der Waals surface area (Å²) in [4.78, 5) is 12.5. The zero-order valence-corrected chi connectivity index (χ0v) is 15.0. The van der Waals surface area contributed by atoms with Gasteiger partial charge in [0.15, 0.2) is 0 Å². The molecule has 0 saturated heterocycles. The molecule has 6 heteroatoms. The summed E-state index contributed by atoms with van der Waals surface area (Å²) in [7, 11) is 0. The van der Waals surface area contributed by atoms with Crippen LogP contribution in [0.25, 0.3) is 5.69 Å². The van der Waals surface area contributed by atoms with Crippen molar-refractivity contribution in [1.82, 2.24) is 9.78 Å². The number of rotatable bonds is 5. The van der Waals surface area contributed by atoms with E-state index in [1.807, 2.05) is 43.3 Å². The Kier molecular flexibility index (Phi) is 5.35. The molecule has 3 rings (SSSR count). The molecule has 0 aliphatic carbocycles. The van der Waals surface area contributed by atoms with Gasteiger partial charge in [-0.2, -0.15) is 10.4 Å². The van der Waals surface area contributed by atoms with Crippen molar-refractivity contribution < 1.29 is 4.79 Å². The first-order valence-electron chi connectivity index (χ1n) is 8.13. The maximum atomic E-state index is 12.5. The SMILES string of the molecule is Cc1cc(NC(=O)Cc2ccccc2CC#N)n(-c2cccc(Cl)c2)n1. The fourth-order valence-corrected chi connectivity index (χ4v) is 2.93.